The van der Waals surface area contributed by atoms with Gasteiger partial charge in [-0.15, -0.1) is 11.3 Å². The van der Waals surface area contributed by atoms with Gasteiger partial charge in [0.25, 0.3) is 0 Å². The third-order valence-corrected chi connectivity index (χ3v) is 4.76. The molecule has 0 aliphatic heterocycles. The molecular formula is C18H21N5S. The molecule has 0 amide bonds. The Morgan fingerprint density at radius 2 is 1.79 bits per heavy atom. The maximum Gasteiger partial charge on any atom is 0.227 e. The van der Waals surface area contributed by atoms with Crippen molar-refractivity contribution in [3.8, 4) is 10.7 Å². The summed E-state index contributed by atoms with van der Waals surface area (Å²) in [6.45, 7) is 7.01. The van der Waals surface area contributed by atoms with Gasteiger partial charge < -0.3 is 10.6 Å². The summed E-state index contributed by atoms with van der Waals surface area (Å²) in [7, 11) is 1.94. The average molecular weight is 339 g/mol. The van der Waals surface area contributed by atoms with E-state index >= 15 is 0 Å². The third kappa shape index (κ3) is 3.77. The lowest BCUT2D eigenvalue weighted by Crippen LogP contribution is -2.04. The molecule has 0 bridgehead atoms. The molecule has 6 heteroatoms. The molecule has 0 aliphatic rings. The highest BCUT2D eigenvalue weighted by molar-refractivity contribution is 7.15. The maximum atomic E-state index is 4.64. The number of nitrogens with zero attached hydrogens (tertiary/aromatic N) is 3. The number of rotatable bonds is 5. The fraction of sp³-hybridized carbons (Fsp3) is 0.278. The van der Waals surface area contributed by atoms with Crippen LogP contribution in [-0.4, -0.2) is 22.0 Å². The Balaban J connectivity index is 1.87. The van der Waals surface area contributed by atoms with Crippen LogP contribution in [0.5, 0.6) is 0 Å². The van der Waals surface area contributed by atoms with Crippen molar-refractivity contribution < 1.29 is 0 Å². The van der Waals surface area contributed by atoms with Gasteiger partial charge in [-0.25, -0.2) is 15.0 Å². The summed E-state index contributed by atoms with van der Waals surface area (Å²) in [5.41, 5.74) is 5.30. The van der Waals surface area contributed by atoms with E-state index in [-0.39, 0.29) is 0 Å². The van der Waals surface area contributed by atoms with Gasteiger partial charge in [0, 0.05) is 23.3 Å². The van der Waals surface area contributed by atoms with Crippen LogP contribution in [0.25, 0.3) is 10.7 Å². The van der Waals surface area contributed by atoms with Crippen molar-refractivity contribution >= 4 is 23.0 Å². The summed E-state index contributed by atoms with van der Waals surface area (Å²) in [4.78, 5) is 14.8. The van der Waals surface area contributed by atoms with Crippen LogP contribution < -0.4 is 10.6 Å². The first-order valence-electron chi connectivity index (χ1n) is 7.85. The van der Waals surface area contributed by atoms with Gasteiger partial charge in [0.15, 0.2) is 0 Å². The predicted molar refractivity (Wildman–Crippen MR) is 99.8 cm³/mol. The summed E-state index contributed by atoms with van der Waals surface area (Å²) in [6.07, 6.45) is 1.77. The van der Waals surface area contributed by atoms with Crippen LogP contribution in [-0.2, 0) is 6.54 Å². The minimum absolute atomic E-state index is 0.584. The summed E-state index contributed by atoms with van der Waals surface area (Å²) in [6, 6.07) is 8.21. The monoisotopic (exact) mass is 339 g/mol. The highest BCUT2D eigenvalue weighted by atomic mass is 32.1. The van der Waals surface area contributed by atoms with Gasteiger partial charge in [-0.1, -0.05) is 6.07 Å². The second-order valence-corrected chi connectivity index (χ2v) is 6.91. The molecule has 2 N–H and O–H groups in total. The number of nitrogens with one attached hydrogen (secondary N) is 2. The van der Waals surface area contributed by atoms with Gasteiger partial charge in [0.05, 0.1) is 5.69 Å². The molecule has 0 aliphatic carbocycles. The maximum absolute atomic E-state index is 4.64. The highest BCUT2D eigenvalue weighted by Crippen LogP contribution is 2.27. The van der Waals surface area contributed by atoms with Gasteiger partial charge in [-0.3, -0.25) is 0 Å². The number of aryl methyl sites for hydroxylation is 3. The van der Waals surface area contributed by atoms with Crippen molar-refractivity contribution in [1.29, 1.82) is 0 Å². The Kier molecular flexibility index (Phi) is 4.87. The standard InChI is InChI=1S/C18H21N5S/c1-11-7-12(2)9-14(8-11)22-18-20-6-5-15(23-18)17-21-13(3)16(24-17)10-19-4/h5-9,19H,10H2,1-4H3,(H,20,22,23). The lowest BCUT2D eigenvalue weighted by atomic mass is 10.1. The quantitative estimate of drug-likeness (QED) is 0.736. The summed E-state index contributed by atoms with van der Waals surface area (Å²) >= 11 is 1.67. The van der Waals surface area contributed by atoms with E-state index in [1.807, 2.05) is 20.0 Å². The molecule has 124 valence electrons. The molecule has 0 atom stereocenters. The molecule has 24 heavy (non-hydrogen) atoms. The van der Waals surface area contributed by atoms with E-state index < -0.39 is 0 Å². The van der Waals surface area contributed by atoms with Crippen molar-refractivity contribution in [2.24, 2.45) is 0 Å². The molecule has 0 spiro atoms. The van der Waals surface area contributed by atoms with Crippen LogP contribution in [0.4, 0.5) is 11.6 Å². The molecule has 3 rings (SSSR count). The molecule has 0 radical (unpaired) electrons. The Morgan fingerprint density at radius 1 is 1.04 bits per heavy atom. The van der Waals surface area contributed by atoms with Crippen molar-refractivity contribution in [2.75, 3.05) is 12.4 Å². The van der Waals surface area contributed by atoms with Gasteiger partial charge in [-0.05, 0) is 57.1 Å². The molecule has 2 aromatic heterocycles. The number of anilines is 2. The van der Waals surface area contributed by atoms with E-state index in [1.165, 1.54) is 16.0 Å². The Labute approximate surface area is 146 Å². The summed E-state index contributed by atoms with van der Waals surface area (Å²) in [5.74, 6) is 0.584. The van der Waals surface area contributed by atoms with Crippen LogP contribution in [0, 0.1) is 20.8 Å². The van der Waals surface area contributed by atoms with E-state index in [0.29, 0.717) is 5.95 Å². The van der Waals surface area contributed by atoms with Crippen LogP contribution in [0.3, 0.4) is 0 Å². The van der Waals surface area contributed by atoms with Crippen LogP contribution in [0.1, 0.15) is 21.7 Å². The molecule has 1 aromatic carbocycles. The van der Waals surface area contributed by atoms with Gasteiger partial charge >= 0.3 is 0 Å². The Morgan fingerprint density at radius 3 is 2.50 bits per heavy atom. The van der Waals surface area contributed by atoms with E-state index in [1.54, 1.807) is 17.5 Å². The Hall–Kier alpha value is -2.31. The zero-order valence-corrected chi connectivity index (χ0v) is 15.2. The molecule has 0 unspecified atom stereocenters. The molecule has 5 nitrogen and oxygen atoms in total. The minimum Gasteiger partial charge on any atom is -0.324 e. The minimum atomic E-state index is 0.584. The number of hydrogen-bond donors (Lipinski definition) is 2. The summed E-state index contributed by atoms with van der Waals surface area (Å²) in [5, 5.41) is 7.37. The SMILES string of the molecule is CNCc1sc(-c2ccnc(Nc3cc(C)cc(C)c3)n2)nc1C. The van der Waals surface area contributed by atoms with Gasteiger partial charge in [0.2, 0.25) is 5.95 Å². The second-order valence-electron chi connectivity index (χ2n) is 5.82. The number of benzene rings is 1. The normalized spacial score (nSPS) is 10.8. The molecule has 0 saturated carbocycles. The molecule has 2 heterocycles. The van der Waals surface area contributed by atoms with Gasteiger partial charge in [0.1, 0.15) is 10.7 Å². The topological polar surface area (TPSA) is 62.7 Å². The third-order valence-electron chi connectivity index (χ3n) is 3.58. The zero-order valence-electron chi connectivity index (χ0n) is 14.3. The lowest BCUT2D eigenvalue weighted by molar-refractivity contribution is 0.823. The first kappa shape index (κ1) is 16.5. The number of thiazole rings is 1. The van der Waals surface area contributed by atoms with Gasteiger partial charge in [-0.2, -0.15) is 0 Å². The highest BCUT2D eigenvalue weighted by Gasteiger charge is 2.11. The molecule has 0 saturated heterocycles. The van der Waals surface area contributed by atoms with E-state index in [9.17, 15) is 0 Å². The van der Waals surface area contributed by atoms with Crippen molar-refractivity contribution in [2.45, 2.75) is 27.3 Å². The van der Waals surface area contributed by atoms with E-state index in [0.717, 1.165) is 28.6 Å². The molecular weight excluding hydrogens is 318 g/mol. The average Bonchev–Trinajstić information content (AvgIpc) is 2.88. The number of hydrogen-bond acceptors (Lipinski definition) is 6. The Bertz CT molecular complexity index is 836. The van der Waals surface area contributed by atoms with Crippen LogP contribution >= 0.6 is 11.3 Å². The second kappa shape index (κ2) is 7.07. The summed E-state index contributed by atoms with van der Waals surface area (Å²) < 4.78 is 0. The van der Waals surface area contributed by atoms with E-state index in [2.05, 4.69) is 57.6 Å². The van der Waals surface area contributed by atoms with Crippen LogP contribution in [0.15, 0.2) is 30.5 Å². The van der Waals surface area contributed by atoms with Crippen molar-refractivity contribution in [1.82, 2.24) is 20.3 Å². The predicted octanol–water partition coefficient (Wildman–Crippen LogP) is 3.99. The molecule has 0 fully saturated rings. The fourth-order valence-electron chi connectivity index (χ4n) is 2.58. The first-order valence-corrected chi connectivity index (χ1v) is 8.66. The molecule has 3 aromatic rings. The largest absolute Gasteiger partial charge is 0.324 e. The lowest BCUT2D eigenvalue weighted by Gasteiger charge is -2.07. The van der Waals surface area contributed by atoms with E-state index in [4.69, 9.17) is 0 Å². The first-order chi connectivity index (χ1) is 11.5. The smallest absolute Gasteiger partial charge is 0.227 e. The van der Waals surface area contributed by atoms with Crippen molar-refractivity contribution in [3.05, 3.63) is 52.2 Å². The zero-order chi connectivity index (χ0) is 17.1. The van der Waals surface area contributed by atoms with Crippen molar-refractivity contribution in [3.63, 3.8) is 0 Å². The number of aromatic nitrogens is 3. The van der Waals surface area contributed by atoms with Crippen LogP contribution in [0.2, 0.25) is 0 Å². The fourth-order valence-corrected chi connectivity index (χ4v) is 3.62.